The van der Waals surface area contributed by atoms with Crippen LogP contribution in [0.2, 0.25) is 0 Å². The van der Waals surface area contributed by atoms with Crippen LogP contribution < -0.4 is 16.0 Å². The lowest BCUT2D eigenvalue weighted by Gasteiger charge is -2.27. The molecular weight excluding hydrogens is 669 g/mol. The number of carbonyl (C=O) groups excluding carboxylic acids is 6. The van der Waals surface area contributed by atoms with Crippen LogP contribution in [0.4, 0.5) is 13.2 Å². The number of para-hydroxylation sites is 1. The van der Waals surface area contributed by atoms with Gasteiger partial charge < -0.3 is 15.2 Å². The van der Waals surface area contributed by atoms with E-state index in [0.717, 1.165) is 27.3 Å². The maximum atomic E-state index is 14.2. The highest BCUT2D eigenvalue weighted by molar-refractivity contribution is 6.24. The Labute approximate surface area is 286 Å². The van der Waals surface area contributed by atoms with E-state index in [-0.39, 0.29) is 53.7 Å². The van der Waals surface area contributed by atoms with E-state index in [2.05, 4.69) is 20.9 Å². The lowest BCUT2D eigenvalue weighted by Crippen LogP contribution is -2.54. The number of nitrogens with zero attached hydrogens (tertiary/aromatic N) is 3. The smallest absolute Gasteiger partial charge is 0.350 e. The summed E-state index contributed by atoms with van der Waals surface area (Å²) in [6.45, 7) is -0.867. The van der Waals surface area contributed by atoms with Gasteiger partial charge in [0, 0.05) is 42.0 Å². The highest BCUT2D eigenvalue weighted by atomic mass is 19.4. The Morgan fingerprint density at radius 2 is 1.63 bits per heavy atom. The fourth-order valence-electron chi connectivity index (χ4n) is 6.47. The van der Waals surface area contributed by atoms with Crippen molar-refractivity contribution in [3.8, 4) is 0 Å². The summed E-state index contributed by atoms with van der Waals surface area (Å²) in [5, 5.41) is 8.95. The van der Waals surface area contributed by atoms with Crippen molar-refractivity contribution in [1.82, 2.24) is 30.4 Å². The molecule has 0 bridgehead atoms. The van der Waals surface area contributed by atoms with E-state index >= 15 is 0 Å². The van der Waals surface area contributed by atoms with Gasteiger partial charge in [-0.3, -0.25) is 39.0 Å². The molecule has 15 heteroatoms. The number of carbonyl (C=O) groups is 6. The summed E-state index contributed by atoms with van der Waals surface area (Å²) in [5.74, 6) is -4.06. The fraction of sp³-hybridized carbons (Fsp3) is 0.194. The molecule has 0 saturated carbocycles. The van der Waals surface area contributed by atoms with Gasteiger partial charge in [0.25, 0.3) is 17.7 Å². The molecule has 51 heavy (non-hydrogen) atoms. The summed E-state index contributed by atoms with van der Waals surface area (Å²) < 4.78 is 44.2. The van der Waals surface area contributed by atoms with E-state index in [4.69, 9.17) is 0 Å². The SMILES string of the molecule is O=C(Cn1c2ccccc2c2cccnc21)NCc1ccc(CNC(=O)c2ccc3c(c2)C(=O)N(C2CCC(=O)NC2=O)C3=O)cc1C(F)(F)F. The number of fused-ring (bicyclic) bond motifs is 4. The number of rotatable bonds is 8. The molecule has 2 aliphatic rings. The second-order valence-corrected chi connectivity index (χ2v) is 12.1. The highest BCUT2D eigenvalue weighted by Crippen LogP contribution is 2.33. The summed E-state index contributed by atoms with van der Waals surface area (Å²) in [7, 11) is 0. The van der Waals surface area contributed by atoms with Gasteiger partial charge in [-0.25, -0.2) is 4.98 Å². The first kappa shape index (κ1) is 33.1. The standard InChI is InChI=1S/C36H27F3N6O6/c37-36(38,39)26-14-19(7-8-21(26)17-41-30(47)18-44-27-6-2-1-4-22(27)23-5-3-13-40-31(23)44)16-42-32(48)20-9-10-24-25(15-20)35(51)45(34(24)50)28-11-12-29(46)43-33(28)49/h1-10,13-15,28H,11-12,16-18H2,(H,41,47)(H,42,48)(H,43,46,49). The zero-order valence-corrected chi connectivity index (χ0v) is 26.5. The first-order valence-electron chi connectivity index (χ1n) is 15.8. The van der Waals surface area contributed by atoms with Gasteiger partial charge in [-0.15, -0.1) is 0 Å². The third kappa shape index (κ3) is 6.17. The number of amides is 6. The third-order valence-corrected chi connectivity index (χ3v) is 8.94. The molecular formula is C36H27F3N6O6. The van der Waals surface area contributed by atoms with Gasteiger partial charge in [0.05, 0.1) is 22.2 Å². The summed E-state index contributed by atoms with van der Waals surface area (Å²) in [4.78, 5) is 81.0. The largest absolute Gasteiger partial charge is 0.416 e. The lowest BCUT2D eigenvalue weighted by molar-refractivity contribution is -0.139. The van der Waals surface area contributed by atoms with Gasteiger partial charge in [-0.1, -0.05) is 30.3 Å². The number of benzene rings is 3. The van der Waals surface area contributed by atoms with Crippen LogP contribution in [-0.2, 0) is 40.2 Å². The van der Waals surface area contributed by atoms with E-state index in [1.807, 2.05) is 30.3 Å². The zero-order valence-electron chi connectivity index (χ0n) is 26.5. The Kier molecular flexibility index (Phi) is 8.33. The van der Waals surface area contributed by atoms with Crippen molar-refractivity contribution in [1.29, 1.82) is 0 Å². The molecule has 1 unspecified atom stereocenters. The zero-order chi connectivity index (χ0) is 36.0. The Morgan fingerprint density at radius 1 is 0.863 bits per heavy atom. The summed E-state index contributed by atoms with van der Waals surface area (Å²) in [6.07, 6.45) is -3.25. The molecule has 258 valence electrons. The predicted molar refractivity (Wildman–Crippen MR) is 175 cm³/mol. The molecule has 4 heterocycles. The topological polar surface area (TPSA) is 160 Å². The average molecular weight is 697 g/mol. The first-order valence-corrected chi connectivity index (χ1v) is 15.8. The van der Waals surface area contributed by atoms with Crippen LogP contribution in [0.25, 0.3) is 21.9 Å². The van der Waals surface area contributed by atoms with Crippen molar-refractivity contribution in [2.45, 2.75) is 44.7 Å². The molecule has 1 saturated heterocycles. The molecule has 0 spiro atoms. The summed E-state index contributed by atoms with van der Waals surface area (Å²) in [6, 6.07) is 17.2. The molecule has 7 rings (SSSR count). The fourth-order valence-corrected chi connectivity index (χ4v) is 6.47. The summed E-state index contributed by atoms with van der Waals surface area (Å²) in [5.41, 5.74) is 0.135. The van der Waals surface area contributed by atoms with Crippen LogP contribution in [0.5, 0.6) is 0 Å². The average Bonchev–Trinajstić information content (AvgIpc) is 3.56. The summed E-state index contributed by atoms with van der Waals surface area (Å²) >= 11 is 0. The van der Waals surface area contributed by atoms with Gasteiger partial charge in [-0.2, -0.15) is 13.2 Å². The maximum absolute atomic E-state index is 14.2. The Balaban J connectivity index is 1.02. The second kappa shape index (κ2) is 12.8. The molecule has 3 N–H and O–H groups in total. The van der Waals surface area contributed by atoms with Gasteiger partial charge in [-0.05, 0) is 60.0 Å². The molecule has 1 atom stereocenters. The van der Waals surface area contributed by atoms with Crippen molar-refractivity contribution >= 4 is 57.4 Å². The second-order valence-electron chi connectivity index (χ2n) is 12.1. The molecule has 1 fully saturated rings. The van der Waals surface area contributed by atoms with Gasteiger partial charge in [0.15, 0.2) is 0 Å². The third-order valence-electron chi connectivity index (χ3n) is 8.94. The van der Waals surface area contributed by atoms with Crippen molar-refractivity contribution in [3.63, 3.8) is 0 Å². The minimum atomic E-state index is -4.77. The van der Waals surface area contributed by atoms with Gasteiger partial charge in [0.2, 0.25) is 17.7 Å². The number of pyridine rings is 1. The van der Waals surface area contributed by atoms with Crippen LogP contribution in [0.3, 0.4) is 0 Å². The Bertz CT molecular complexity index is 2260. The number of piperidine rings is 1. The quantitative estimate of drug-likeness (QED) is 0.208. The Morgan fingerprint density at radius 3 is 2.41 bits per heavy atom. The minimum absolute atomic E-state index is 0.0227. The molecule has 2 aromatic heterocycles. The number of hydrogen-bond donors (Lipinski definition) is 3. The molecule has 0 aliphatic carbocycles. The van der Waals surface area contributed by atoms with Crippen molar-refractivity contribution < 1.29 is 41.9 Å². The monoisotopic (exact) mass is 696 g/mol. The number of imide groups is 2. The van der Waals surface area contributed by atoms with Crippen LogP contribution in [0.1, 0.15) is 60.6 Å². The van der Waals surface area contributed by atoms with E-state index < -0.39 is 59.8 Å². The van der Waals surface area contributed by atoms with Gasteiger partial charge >= 0.3 is 6.18 Å². The molecule has 5 aromatic rings. The van der Waals surface area contributed by atoms with Crippen LogP contribution in [0.15, 0.2) is 79.0 Å². The maximum Gasteiger partial charge on any atom is 0.416 e. The Hall–Kier alpha value is -6.38. The van der Waals surface area contributed by atoms with Crippen molar-refractivity contribution in [2.24, 2.45) is 0 Å². The molecule has 3 aromatic carbocycles. The number of nitrogens with one attached hydrogen (secondary N) is 3. The lowest BCUT2D eigenvalue weighted by atomic mass is 10.0. The molecule has 2 aliphatic heterocycles. The van der Waals surface area contributed by atoms with Crippen molar-refractivity contribution in [2.75, 3.05) is 0 Å². The van der Waals surface area contributed by atoms with Crippen LogP contribution >= 0.6 is 0 Å². The van der Waals surface area contributed by atoms with E-state index in [1.165, 1.54) is 30.3 Å². The normalized spacial score (nSPS) is 16.1. The first-order chi connectivity index (χ1) is 24.4. The predicted octanol–water partition coefficient (Wildman–Crippen LogP) is 3.86. The molecule has 0 radical (unpaired) electrons. The molecule has 6 amide bonds. The molecule has 12 nitrogen and oxygen atoms in total. The minimum Gasteiger partial charge on any atom is -0.350 e. The van der Waals surface area contributed by atoms with Crippen molar-refractivity contribution in [3.05, 3.63) is 112 Å². The number of halogens is 3. The van der Waals surface area contributed by atoms with Gasteiger partial charge in [0.1, 0.15) is 18.2 Å². The number of aromatic nitrogens is 2. The van der Waals surface area contributed by atoms with Crippen LogP contribution in [0, 0.1) is 0 Å². The van der Waals surface area contributed by atoms with E-state index in [0.29, 0.717) is 5.65 Å². The number of hydrogen-bond acceptors (Lipinski definition) is 7. The van der Waals surface area contributed by atoms with Crippen LogP contribution in [-0.4, -0.2) is 55.9 Å². The van der Waals surface area contributed by atoms with E-state index in [1.54, 1.807) is 16.8 Å². The van der Waals surface area contributed by atoms with E-state index in [9.17, 15) is 41.9 Å². The highest BCUT2D eigenvalue weighted by Gasteiger charge is 2.44. The number of alkyl halides is 3.